The molecule has 0 aliphatic heterocycles. The van der Waals surface area contributed by atoms with Crippen LogP contribution in [0.4, 0.5) is 0 Å². The quantitative estimate of drug-likeness (QED) is 0.389. The monoisotopic (exact) mass is 418 g/mol. The summed E-state index contributed by atoms with van der Waals surface area (Å²) in [6.45, 7) is 3.24. The first-order valence-electron chi connectivity index (χ1n) is 9.75. The molecule has 1 amide bonds. The fourth-order valence-electron chi connectivity index (χ4n) is 3.14. The second-order valence-electron chi connectivity index (χ2n) is 6.64. The zero-order chi connectivity index (χ0) is 20.8. The van der Waals surface area contributed by atoms with Gasteiger partial charge in [-0.1, -0.05) is 60.3 Å². The van der Waals surface area contributed by atoms with E-state index in [-0.39, 0.29) is 11.7 Å². The lowest BCUT2D eigenvalue weighted by Gasteiger charge is -2.20. The van der Waals surface area contributed by atoms with Crippen LogP contribution in [0, 0.1) is 0 Å². The summed E-state index contributed by atoms with van der Waals surface area (Å²) in [6.07, 6.45) is 1.61. The minimum atomic E-state index is 0.0634. The summed E-state index contributed by atoms with van der Waals surface area (Å²) < 4.78 is 7.46. The largest absolute Gasteiger partial charge is 0.461 e. The number of carbonyl (C=O) groups is 1. The van der Waals surface area contributed by atoms with Gasteiger partial charge in [-0.15, -0.1) is 10.2 Å². The van der Waals surface area contributed by atoms with Crippen molar-refractivity contribution >= 4 is 17.7 Å². The number of hydrogen-bond acceptors (Lipinski definition) is 5. The van der Waals surface area contributed by atoms with Crippen LogP contribution in [-0.2, 0) is 11.3 Å². The van der Waals surface area contributed by atoms with Crippen LogP contribution in [0.15, 0.2) is 88.6 Å². The van der Waals surface area contributed by atoms with Gasteiger partial charge >= 0.3 is 0 Å². The highest BCUT2D eigenvalue weighted by molar-refractivity contribution is 7.99. The van der Waals surface area contributed by atoms with Gasteiger partial charge in [0.1, 0.15) is 0 Å². The molecule has 0 atom stereocenters. The van der Waals surface area contributed by atoms with Gasteiger partial charge in [-0.25, -0.2) is 0 Å². The molecule has 6 nitrogen and oxygen atoms in total. The first kappa shape index (κ1) is 20.0. The van der Waals surface area contributed by atoms with Crippen LogP contribution in [0.1, 0.15) is 12.5 Å². The highest BCUT2D eigenvalue weighted by Crippen LogP contribution is 2.28. The lowest BCUT2D eigenvalue weighted by Crippen LogP contribution is -2.31. The molecule has 30 heavy (non-hydrogen) atoms. The minimum absolute atomic E-state index is 0.0634. The Balaban J connectivity index is 1.54. The molecule has 2 heterocycles. The summed E-state index contributed by atoms with van der Waals surface area (Å²) in [6, 6.07) is 23.5. The average molecular weight is 419 g/mol. The molecule has 0 bridgehead atoms. The van der Waals surface area contributed by atoms with Crippen molar-refractivity contribution in [1.29, 1.82) is 0 Å². The van der Waals surface area contributed by atoms with Gasteiger partial charge < -0.3 is 9.32 Å². The lowest BCUT2D eigenvalue weighted by atomic mass is 10.2. The van der Waals surface area contributed by atoms with Crippen LogP contribution >= 0.6 is 11.8 Å². The average Bonchev–Trinajstić information content (AvgIpc) is 3.47. The lowest BCUT2D eigenvalue weighted by molar-refractivity contribution is -0.128. The molecule has 0 saturated carbocycles. The summed E-state index contributed by atoms with van der Waals surface area (Å²) in [5, 5.41) is 9.30. The van der Waals surface area contributed by atoms with Crippen LogP contribution in [-0.4, -0.2) is 37.9 Å². The van der Waals surface area contributed by atoms with Crippen molar-refractivity contribution in [3.8, 4) is 17.3 Å². The molecule has 0 radical (unpaired) electrons. The molecular formula is C23H22N4O2S. The van der Waals surface area contributed by atoms with Crippen molar-refractivity contribution in [1.82, 2.24) is 19.7 Å². The third kappa shape index (κ3) is 4.46. The van der Waals surface area contributed by atoms with Crippen LogP contribution in [0.3, 0.4) is 0 Å². The smallest absolute Gasteiger partial charge is 0.233 e. The molecule has 7 heteroatoms. The molecule has 0 spiro atoms. The molecule has 2 aromatic carbocycles. The van der Waals surface area contributed by atoms with Gasteiger partial charge in [0.25, 0.3) is 0 Å². The molecule has 0 unspecified atom stereocenters. The van der Waals surface area contributed by atoms with Crippen LogP contribution in [0.2, 0.25) is 0 Å². The number of rotatable bonds is 8. The van der Waals surface area contributed by atoms with E-state index in [1.54, 1.807) is 6.26 Å². The molecule has 4 aromatic rings. The maximum Gasteiger partial charge on any atom is 0.233 e. The fraction of sp³-hybridized carbons (Fsp3) is 0.174. The number of amides is 1. The van der Waals surface area contributed by atoms with E-state index in [1.165, 1.54) is 11.8 Å². The van der Waals surface area contributed by atoms with Crippen LogP contribution in [0.5, 0.6) is 0 Å². The van der Waals surface area contributed by atoms with E-state index < -0.39 is 0 Å². The van der Waals surface area contributed by atoms with Crippen molar-refractivity contribution in [3.63, 3.8) is 0 Å². The second kappa shape index (κ2) is 9.45. The number of carbonyl (C=O) groups excluding carboxylic acids is 1. The SMILES string of the molecule is CCN(Cc1ccccc1)C(=O)CSc1nnc(-c2ccco2)n1-c1ccccc1. The van der Waals surface area contributed by atoms with Crippen molar-refractivity contribution in [2.45, 2.75) is 18.6 Å². The number of aromatic nitrogens is 3. The standard InChI is InChI=1S/C23H22N4O2S/c1-2-26(16-18-10-5-3-6-11-18)21(28)17-30-23-25-24-22(20-14-9-15-29-20)27(23)19-12-7-4-8-13-19/h3-15H,2,16-17H2,1H3. The van der Waals surface area contributed by atoms with Crippen LogP contribution in [0.25, 0.3) is 17.3 Å². The maximum absolute atomic E-state index is 12.9. The Kier molecular flexibility index (Phi) is 6.29. The Morgan fingerprint density at radius 1 is 1.00 bits per heavy atom. The van der Waals surface area contributed by atoms with E-state index in [0.29, 0.717) is 29.8 Å². The van der Waals surface area contributed by atoms with E-state index in [0.717, 1.165) is 11.3 Å². The zero-order valence-electron chi connectivity index (χ0n) is 16.6. The number of nitrogens with zero attached hydrogens (tertiary/aromatic N) is 4. The zero-order valence-corrected chi connectivity index (χ0v) is 17.5. The number of benzene rings is 2. The fourth-order valence-corrected chi connectivity index (χ4v) is 3.99. The van der Waals surface area contributed by atoms with Crippen molar-refractivity contribution in [3.05, 3.63) is 84.6 Å². The number of para-hydroxylation sites is 1. The van der Waals surface area contributed by atoms with Gasteiger partial charge in [-0.3, -0.25) is 9.36 Å². The normalized spacial score (nSPS) is 10.8. The van der Waals surface area contributed by atoms with Gasteiger partial charge in [0.15, 0.2) is 10.9 Å². The van der Waals surface area contributed by atoms with Crippen molar-refractivity contribution < 1.29 is 9.21 Å². The van der Waals surface area contributed by atoms with E-state index in [9.17, 15) is 4.79 Å². The Morgan fingerprint density at radius 3 is 2.40 bits per heavy atom. The Labute approximate surface area is 179 Å². The molecule has 2 aromatic heterocycles. The highest BCUT2D eigenvalue weighted by atomic mass is 32.2. The summed E-state index contributed by atoms with van der Waals surface area (Å²) in [4.78, 5) is 14.7. The van der Waals surface area contributed by atoms with E-state index in [1.807, 2.05) is 89.2 Å². The first-order valence-corrected chi connectivity index (χ1v) is 10.7. The summed E-state index contributed by atoms with van der Waals surface area (Å²) in [5.41, 5.74) is 2.03. The Morgan fingerprint density at radius 2 is 1.73 bits per heavy atom. The number of furan rings is 1. The molecule has 0 N–H and O–H groups in total. The van der Waals surface area contributed by atoms with E-state index in [2.05, 4.69) is 10.2 Å². The predicted molar refractivity (Wildman–Crippen MR) is 117 cm³/mol. The third-order valence-corrected chi connectivity index (χ3v) is 5.58. The summed E-state index contributed by atoms with van der Waals surface area (Å²) in [7, 11) is 0. The van der Waals surface area contributed by atoms with Crippen molar-refractivity contribution in [2.24, 2.45) is 0 Å². The minimum Gasteiger partial charge on any atom is -0.461 e. The van der Waals surface area contributed by atoms with Gasteiger partial charge in [0, 0.05) is 18.8 Å². The number of hydrogen-bond donors (Lipinski definition) is 0. The Hall–Kier alpha value is -3.32. The first-order chi connectivity index (χ1) is 14.8. The van der Waals surface area contributed by atoms with Crippen LogP contribution < -0.4 is 0 Å². The highest BCUT2D eigenvalue weighted by Gasteiger charge is 2.20. The van der Waals surface area contributed by atoms with E-state index in [4.69, 9.17) is 4.42 Å². The summed E-state index contributed by atoms with van der Waals surface area (Å²) in [5.74, 6) is 1.58. The van der Waals surface area contributed by atoms with E-state index >= 15 is 0 Å². The number of thioether (sulfide) groups is 1. The van der Waals surface area contributed by atoms with Gasteiger partial charge in [0.05, 0.1) is 12.0 Å². The predicted octanol–water partition coefficient (Wildman–Crippen LogP) is 4.67. The third-order valence-electron chi connectivity index (χ3n) is 4.66. The molecule has 152 valence electrons. The Bertz CT molecular complexity index is 1080. The molecular weight excluding hydrogens is 396 g/mol. The molecule has 0 fully saturated rings. The van der Waals surface area contributed by atoms with Gasteiger partial charge in [-0.05, 0) is 36.8 Å². The van der Waals surface area contributed by atoms with Gasteiger partial charge in [-0.2, -0.15) is 0 Å². The van der Waals surface area contributed by atoms with Gasteiger partial charge in [0.2, 0.25) is 11.7 Å². The molecule has 0 saturated heterocycles. The maximum atomic E-state index is 12.9. The molecule has 4 rings (SSSR count). The molecule has 0 aliphatic carbocycles. The second-order valence-corrected chi connectivity index (χ2v) is 7.58. The molecule has 0 aliphatic rings. The summed E-state index contributed by atoms with van der Waals surface area (Å²) >= 11 is 1.38. The topological polar surface area (TPSA) is 64.2 Å². The van der Waals surface area contributed by atoms with Crippen molar-refractivity contribution in [2.75, 3.05) is 12.3 Å².